The number of hydrogen-bond donors (Lipinski definition) is 2. The van der Waals surface area contributed by atoms with Gasteiger partial charge in [-0.1, -0.05) is 18.2 Å². The Bertz CT molecular complexity index is 1340. The van der Waals surface area contributed by atoms with E-state index in [4.69, 9.17) is 5.14 Å². The number of likely N-dealkylation sites (tertiary alicyclic amines) is 1. The number of halogens is 5. The van der Waals surface area contributed by atoms with Crippen LogP contribution < -0.4 is 10.5 Å². The second-order valence-electron chi connectivity index (χ2n) is 9.53. The Morgan fingerprint density at radius 2 is 1.84 bits per heavy atom. The molecule has 0 radical (unpaired) electrons. The Morgan fingerprint density at radius 3 is 2.41 bits per heavy atom. The van der Waals surface area contributed by atoms with Gasteiger partial charge in [-0.2, -0.15) is 0 Å². The van der Waals surface area contributed by atoms with Gasteiger partial charge in [0.15, 0.2) is 0 Å². The molecule has 2 atom stereocenters. The molecule has 2 aromatic carbocycles. The minimum Gasteiger partial charge on any atom is -0.347 e. The molecule has 2 amide bonds. The highest BCUT2D eigenvalue weighted by molar-refractivity contribution is 7.89. The van der Waals surface area contributed by atoms with Crippen molar-refractivity contribution in [2.75, 3.05) is 6.54 Å². The predicted octanol–water partition coefficient (Wildman–Crippen LogP) is 3.70. The summed E-state index contributed by atoms with van der Waals surface area (Å²) in [6, 6.07) is 4.72. The zero-order chi connectivity index (χ0) is 27.3. The molecule has 2 fully saturated rings. The molecular weight excluding hydrogens is 521 g/mol. The van der Waals surface area contributed by atoms with E-state index < -0.39 is 75.0 Å². The Labute approximate surface area is 209 Å². The highest BCUT2D eigenvalue weighted by atomic mass is 32.2. The lowest BCUT2D eigenvalue weighted by molar-refractivity contribution is -0.126. The molecular formula is C24H24F5N3O4S. The standard InChI is InChI=1S/C24H24F5N3O4S/c1-23(26,27)15-7-8-17(18(25)10-15)20(13-5-6-13)31-21(33)19-11-24(28,29)12-32(19)22(34)14-3-2-4-16(9-14)37(30,35)36/h2-4,7-10,13,19-20H,5-6,11-12H2,1H3,(H,31,33)(H2,30,35,36)/t19-,20-/m1/s1. The van der Waals surface area contributed by atoms with Crippen molar-refractivity contribution in [1.29, 1.82) is 0 Å². The van der Waals surface area contributed by atoms with Crippen LogP contribution in [0.5, 0.6) is 0 Å². The maximum atomic E-state index is 14.8. The van der Waals surface area contributed by atoms with E-state index in [1.807, 2.05) is 0 Å². The summed E-state index contributed by atoms with van der Waals surface area (Å²) in [5.41, 5.74) is -0.876. The average molecular weight is 546 g/mol. The molecule has 37 heavy (non-hydrogen) atoms. The summed E-state index contributed by atoms with van der Waals surface area (Å²) in [5, 5.41) is 7.61. The molecule has 0 bridgehead atoms. The number of carbonyl (C=O) groups is 2. The van der Waals surface area contributed by atoms with E-state index in [0.717, 1.165) is 24.3 Å². The van der Waals surface area contributed by atoms with Crippen LogP contribution in [0.1, 0.15) is 53.7 Å². The van der Waals surface area contributed by atoms with Crippen molar-refractivity contribution in [2.24, 2.45) is 11.1 Å². The smallest absolute Gasteiger partial charge is 0.270 e. The minimum absolute atomic E-state index is 0.0627. The van der Waals surface area contributed by atoms with Gasteiger partial charge in [0, 0.05) is 30.0 Å². The third-order valence-corrected chi connectivity index (χ3v) is 7.39. The van der Waals surface area contributed by atoms with E-state index in [-0.39, 0.29) is 17.0 Å². The van der Waals surface area contributed by atoms with Gasteiger partial charge in [-0.25, -0.2) is 35.5 Å². The highest BCUT2D eigenvalue weighted by Gasteiger charge is 2.51. The zero-order valence-electron chi connectivity index (χ0n) is 19.6. The molecule has 7 nitrogen and oxygen atoms in total. The third-order valence-electron chi connectivity index (χ3n) is 6.48. The van der Waals surface area contributed by atoms with Gasteiger partial charge in [0.05, 0.1) is 17.5 Å². The maximum absolute atomic E-state index is 14.8. The highest BCUT2D eigenvalue weighted by Crippen LogP contribution is 2.43. The quantitative estimate of drug-likeness (QED) is 0.517. The zero-order valence-corrected chi connectivity index (χ0v) is 20.4. The molecule has 3 N–H and O–H groups in total. The van der Waals surface area contributed by atoms with Gasteiger partial charge in [0.2, 0.25) is 15.9 Å². The van der Waals surface area contributed by atoms with Crippen LogP contribution in [0.25, 0.3) is 0 Å². The fourth-order valence-corrected chi connectivity index (χ4v) is 4.98. The normalized spacial score (nSPS) is 20.5. The number of benzene rings is 2. The SMILES string of the molecule is CC(F)(F)c1ccc([C@H](NC(=O)[C@H]2CC(F)(F)CN2C(=O)c2cccc(S(N)(=O)=O)c2)C2CC2)c(F)c1. The number of nitrogens with zero attached hydrogens (tertiary/aromatic N) is 1. The van der Waals surface area contributed by atoms with E-state index in [1.165, 1.54) is 12.1 Å². The van der Waals surface area contributed by atoms with Crippen LogP contribution in [-0.2, 0) is 20.7 Å². The molecule has 1 heterocycles. The number of alkyl halides is 4. The van der Waals surface area contributed by atoms with Crippen LogP contribution in [0.15, 0.2) is 47.4 Å². The fourth-order valence-electron chi connectivity index (χ4n) is 4.42. The molecule has 4 rings (SSSR count). The van der Waals surface area contributed by atoms with Gasteiger partial charge in [-0.05, 0) is 43.0 Å². The Kier molecular flexibility index (Phi) is 6.82. The topological polar surface area (TPSA) is 110 Å². The predicted molar refractivity (Wildman–Crippen MR) is 122 cm³/mol. The molecule has 2 aliphatic rings. The van der Waals surface area contributed by atoms with Crippen molar-refractivity contribution >= 4 is 21.8 Å². The van der Waals surface area contributed by atoms with Crippen molar-refractivity contribution in [3.8, 4) is 0 Å². The molecule has 0 unspecified atom stereocenters. The van der Waals surface area contributed by atoms with Crippen molar-refractivity contribution in [3.05, 3.63) is 65.0 Å². The number of sulfonamides is 1. The summed E-state index contributed by atoms with van der Waals surface area (Å²) in [6.07, 6.45) is 0.195. The lowest BCUT2D eigenvalue weighted by Crippen LogP contribution is -2.47. The summed E-state index contributed by atoms with van der Waals surface area (Å²) >= 11 is 0. The molecule has 1 aliphatic heterocycles. The summed E-state index contributed by atoms with van der Waals surface area (Å²) < 4.78 is 94.0. The second kappa shape index (κ2) is 9.35. The van der Waals surface area contributed by atoms with Crippen LogP contribution in [-0.4, -0.2) is 43.6 Å². The summed E-state index contributed by atoms with van der Waals surface area (Å²) in [7, 11) is -4.18. The molecule has 0 spiro atoms. The summed E-state index contributed by atoms with van der Waals surface area (Å²) in [4.78, 5) is 26.5. The first-order valence-electron chi connectivity index (χ1n) is 11.4. The number of amides is 2. The largest absolute Gasteiger partial charge is 0.347 e. The number of primary sulfonamides is 1. The Hall–Kier alpha value is -3.06. The van der Waals surface area contributed by atoms with Crippen LogP contribution >= 0.6 is 0 Å². The number of hydrogen-bond acceptors (Lipinski definition) is 4. The van der Waals surface area contributed by atoms with E-state index in [0.29, 0.717) is 30.7 Å². The number of carbonyl (C=O) groups excluding carboxylic acids is 2. The fraction of sp³-hybridized carbons (Fsp3) is 0.417. The Balaban J connectivity index is 1.60. The van der Waals surface area contributed by atoms with Crippen molar-refractivity contribution in [2.45, 2.75) is 55.0 Å². The molecule has 1 saturated carbocycles. The number of nitrogens with one attached hydrogen (secondary N) is 1. The van der Waals surface area contributed by atoms with Crippen LogP contribution in [0.3, 0.4) is 0 Å². The van der Waals surface area contributed by atoms with Gasteiger partial charge < -0.3 is 10.2 Å². The van der Waals surface area contributed by atoms with E-state index >= 15 is 0 Å². The van der Waals surface area contributed by atoms with Crippen LogP contribution in [0.4, 0.5) is 22.0 Å². The summed E-state index contributed by atoms with van der Waals surface area (Å²) in [6.45, 7) is -0.474. The first-order valence-corrected chi connectivity index (χ1v) is 12.9. The second-order valence-corrected chi connectivity index (χ2v) is 11.1. The maximum Gasteiger partial charge on any atom is 0.270 e. The van der Waals surface area contributed by atoms with E-state index in [9.17, 15) is 40.0 Å². The molecule has 200 valence electrons. The number of rotatable bonds is 7. The van der Waals surface area contributed by atoms with Crippen molar-refractivity contribution < 1.29 is 40.0 Å². The third kappa shape index (κ3) is 5.93. The van der Waals surface area contributed by atoms with Gasteiger partial charge in [0.1, 0.15) is 11.9 Å². The molecule has 13 heteroatoms. The average Bonchev–Trinajstić information content (AvgIpc) is 3.58. The lowest BCUT2D eigenvalue weighted by atomic mass is 9.98. The van der Waals surface area contributed by atoms with Crippen LogP contribution in [0, 0.1) is 11.7 Å². The molecule has 1 saturated heterocycles. The van der Waals surface area contributed by atoms with Gasteiger partial charge in [0.25, 0.3) is 17.8 Å². The first-order chi connectivity index (χ1) is 17.1. The minimum atomic E-state index is -4.18. The van der Waals surface area contributed by atoms with Gasteiger partial charge >= 0.3 is 0 Å². The first kappa shape index (κ1) is 27.0. The van der Waals surface area contributed by atoms with Gasteiger partial charge in [-0.3, -0.25) is 9.59 Å². The Morgan fingerprint density at radius 1 is 1.16 bits per heavy atom. The van der Waals surface area contributed by atoms with Gasteiger partial charge in [-0.15, -0.1) is 0 Å². The monoisotopic (exact) mass is 545 g/mol. The molecule has 2 aromatic rings. The van der Waals surface area contributed by atoms with E-state index in [1.54, 1.807) is 0 Å². The molecule has 0 aromatic heterocycles. The number of nitrogens with two attached hydrogens (primary N) is 1. The van der Waals surface area contributed by atoms with Crippen molar-refractivity contribution in [3.63, 3.8) is 0 Å². The summed E-state index contributed by atoms with van der Waals surface area (Å²) in [5.74, 6) is -9.87. The van der Waals surface area contributed by atoms with E-state index in [2.05, 4.69) is 5.32 Å². The lowest BCUT2D eigenvalue weighted by Gasteiger charge is -2.27. The van der Waals surface area contributed by atoms with Crippen LogP contribution in [0.2, 0.25) is 0 Å². The van der Waals surface area contributed by atoms with Crippen molar-refractivity contribution in [1.82, 2.24) is 10.2 Å². The molecule has 1 aliphatic carbocycles.